The molecule has 1 atom stereocenters. The third-order valence-corrected chi connectivity index (χ3v) is 5.55. The average molecular weight is 405 g/mol. The minimum atomic E-state index is -1.17. The van der Waals surface area contributed by atoms with E-state index in [2.05, 4.69) is 13.8 Å². The molecule has 28 heavy (non-hydrogen) atoms. The molecule has 0 heterocycles. The molecule has 0 saturated heterocycles. The molecule has 0 radical (unpaired) electrons. The van der Waals surface area contributed by atoms with Crippen LogP contribution in [-0.2, 0) is 9.59 Å². The molecular weight excluding hydrogens is 359 g/mol. The summed E-state index contributed by atoms with van der Waals surface area (Å²) in [5.41, 5.74) is 0. The number of Topliss-reactive ketones (excluding diaryl/α,β-unsaturated/α-hetero) is 1. The summed E-state index contributed by atoms with van der Waals surface area (Å²) >= 11 is 0. The first kappa shape index (κ1) is 30.3. The molecule has 0 rings (SSSR count). The van der Waals surface area contributed by atoms with E-state index < -0.39 is 11.9 Å². The summed E-state index contributed by atoms with van der Waals surface area (Å²) in [5, 5.41) is 11.3. The number of carboxylic acids is 1. The number of hydrogen-bond donors (Lipinski definition) is 0. The number of carboxylic acid groups (broad SMARTS) is 1. The summed E-state index contributed by atoms with van der Waals surface area (Å²) in [6.45, 7) is 4.44. The number of carbonyl (C=O) groups is 2. The van der Waals surface area contributed by atoms with Crippen molar-refractivity contribution in [3.05, 3.63) is 0 Å². The van der Waals surface area contributed by atoms with Gasteiger partial charge in [-0.05, 0) is 12.8 Å². The Morgan fingerprint density at radius 1 is 0.607 bits per heavy atom. The van der Waals surface area contributed by atoms with Crippen molar-refractivity contribution in [3.8, 4) is 0 Å². The van der Waals surface area contributed by atoms with Crippen molar-refractivity contribution in [2.24, 2.45) is 5.92 Å². The van der Waals surface area contributed by atoms with Gasteiger partial charge in [-0.25, -0.2) is 0 Å². The smallest absolute Gasteiger partial charge is 0.549 e. The van der Waals surface area contributed by atoms with Crippen molar-refractivity contribution >= 4 is 11.8 Å². The van der Waals surface area contributed by atoms with Crippen LogP contribution in [0.5, 0.6) is 0 Å². The molecule has 0 fully saturated rings. The van der Waals surface area contributed by atoms with E-state index in [1.807, 2.05) is 0 Å². The summed E-state index contributed by atoms with van der Waals surface area (Å²) in [6, 6.07) is 0. The molecule has 1 unspecified atom stereocenters. The Morgan fingerprint density at radius 3 is 1.36 bits per heavy atom. The van der Waals surface area contributed by atoms with Crippen LogP contribution in [0.1, 0.15) is 136 Å². The predicted octanol–water partition coefficient (Wildman–Crippen LogP) is 3.38. The zero-order valence-corrected chi connectivity index (χ0v) is 21.2. The van der Waals surface area contributed by atoms with Crippen LogP contribution in [0.15, 0.2) is 0 Å². The van der Waals surface area contributed by atoms with Gasteiger partial charge in [-0.3, -0.25) is 4.79 Å². The van der Waals surface area contributed by atoms with Crippen LogP contribution in [0.25, 0.3) is 0 Å². The molecule has 3 nitrogen and oxygen atoms in total. The van der Waals surface area contributed by atoms with Gasteiger partial charge in [0.05, 0.1) is 11.9 Å². The Labute approximate surface area is 197 Å². The number of carbonyl (C=O) groups excluding carboxylic acids is 2. The molecule has 0 aromatic rings. The summed E-state index contributed by atoms with van der Waals surface area (Å²) in [7, 11) is 0. The monoisotopic (exact) mass is 404 g/mol. The molecule has 0 bridgehead atoms. The molecule has 0 N–H and O–H groups in total. The topological polar surface area (TPSA) is 57.2 Å². The first-order valence-electron chi connectivity index (χ1n) is 11.9. The van der Waals surface area contributed by atoms with E-state index in [4.69, 9.17) is 0 Å². The number of ketones is 1. The standard InChI is InChI=1S/C24H46O3.Na/c1-3-5-7-9-11-13-15-17-19-21-23(25)22(24(26)27)20-18-16-14-12-10-8-6-4-2;/h22H,3-21H2,1-2H3,(H,26,27);/q;+1/p-1. The third kappa shape index (κ3) is 19.5. The first-order chi connectivity index (χ1) is 13.1. The summed E-state index contributed by atoms with van der Waals surface area (Å²) < 4.78 is 0. The Kier molecular flexibility index (Phi) is 25.4. The van der Waals surface area contributed by atoms with Crippen LogP contribution in [-0.4, -0.2) is 11.8 Å². The number of rotatable bonds is 21. The molecule has 0 aromatic carbocycles. The zero-order valence-electron chi connectivity index (χ0n) is 19.2. The maximum Gasteiger partial charge on any atom is 1.00 e. The number of unbranched alkanes of at least 4 members (excludes halogenated alkanes) is 15. The van der Waals surface area contributed by atoms with Gasteiger partial charge in [0.15, 0.2) is 0 Å². The van der Waals surface area contributed by atoms with Gasteiger partial charge < -0.3 is 9.90 Å². The van der Waals surface area contributed by atoms with Crippen LogP contribution >= 0.6 is 0 Å². The molecule has 0 aliphatic heterocycles. The molecule has 0 aliphatic carbocycles. The van der Waals surface area contributed by atoms with Crippen molar-refractivity contribution < 1.29 is 44.3 Å². The Morgan fingerprint density at radius 2 is 0.964 bits per heavy atom. The fourth-order valence-electron chi connectivity index (χ4n) is 3.68. The van der Waals surface area contributed by atoms with E-state index in [-0.39, 0.29) is 35.3 Å². The summed E-state index contributed by atoms with van der Waals surface area (Å²) in [6.07, 6.45) is 21.1. The van der Waals surface area contributed by atoms with Crippen molar-refractivity contribution in [1.82, 2.24) is 0 Å². The second-order valence-electron chi connectivity index (χ2n) is 8.18. The second-order valence-corrected chi connectivity index (χ2v) is 8.18. The van der Waals surface area contributed by atoms with Gasteiger partial charge in [0.1, 0.15) is 5.78 Å². The van der Waals surface area contributed by atoms with E-state index in [0.717, 1.165) is 38.5 Å². The molecule has 160 valence electrons. The van der Waals surface area contributed by atoms with E-state index in [1.54, 1.807) is 0 Å². The van der Waals surface area contributed by atoms with Gasteiger partial charge >= 0.3 is 29.6 Å². The maximum absolute atomic E-state index is 12.2. The number of aliphatic carboxylic acids is 1. The van der Waals surface area contributed by atoms with Crippen LogP contribution in [0.2, 0.25) is 0 Å². The van der Waals surface area contributed by atoms with Crippen LogP contribution in [0, 0.1) is 5.92 Å². The molecule has 0 spiro atoms. The average Bonchev–Trinajstić information content (AvgIpc) is 2.65. The van der Waals surface area contributed by atoms with E-state index in [1.165, 1.54) is 70.6 Å². The molecule has 0 saturated carbocycles. The normalized spacial score (nSPS) is 11.8. The Hall–Kier alpha value is 0.140. The maximum atomic E-state index is 12.2. The molecular formula is C24H45NaO3. The Balaban J connectivity index is 0. The minimum Gasteiger partial charge on any atom is -0.549 e. The van der Waals surface area contributed by atoms with Crippen molar-refractivity contribution in [2.45, 2.75) is 136 Å². The van der Waals surface area contributed by atoms with Crippen molar-refractivity contribution in [2.75, 3.05) is 0 Å². The summed E-state index contributed by atoms with van der Waals surface area (Å²) in [4.78, 5) is 23.5. The van der Waals surface area contributed by atoms with Crippen molar-refractivity contribution in [3.63, 3.8) is 0 Å². The van der Waals surface area contributed by atoms with E-state index >= 15 is 0 Å². The van der Waals surface area contributed by atoms with E-state index in [9.17, 15) is 14.7 Å². The second kappa shape index (κ2) is 23.4. The molecule has 0 amide bonds. The van der Waals surface area contributed by atoms with Gasteiger partial charge in [0, 0.05) is 6.42 Å². The van der Waals surface area contributed by atoms with Gasteiger partial charge in [0.2, 0.25) is 0 Å². The van der Waals surface area contributed by atoms with E-state index in [0.29, 0.717) is 12.8 Å². The van der Waals surface area contributed by atoms with Gasteiger partial charge in [-0.2, -0.15) is 0 Å². The molecule has 0 aromatic heterocycles. The molecule has 4 heteroatoms. The van der Waals surface area contributed by atoms with Crippen LogP contribution in [0.4, 0.5) is 0 Å². The Bertz CT molecular complexity index is 358. The fraction of sp³-hybridized carbons (Fsp3) is 0.917. The zero-order chi connectivity index (χ0) is 20.2. The SMILES string of the molecule is CCCCCCCCCCCC(=O)C(CCCCCCCCCC)C(=O)[O-].[Na+]. The van der Waals surface area contributed by atoms with Crippen molar-refractivity contribution in [1.29, 1.82) is 0 Å². The summed E-state index contributed by atoms with van der Waals surface area (Å²) in [5.74, 6) is -2.15. The largest absolute Gasteiger partial charge is 1.00 e. The van der Waals surface area contributed by atoms with Crippen LogP contribution < -0.4 is 34.7 Å². The van der Waals surface area contributed by atoms with Gasteiger partial charge in [0.25, 0.3) is 0 Å². The predicted molar refractivity (Wildman–Crippen MR) is 113 cm³/mol. The van der Waals surface area contributed by atoms with Gasteiger partial charge in [-0.1, -0.05) is 117 Å². The molecule has 0 aliphatic rings. The third-order valence-electron chi connectivity index (χ3n) is 5.55. The minimum absolute atomic E-state index is 0. The fourth-order valence-corrected chi connectivity index (χ4v) is 3.68. The first-order valence-corrected chi connectivity index (χ1v) is 11.9. The van der Waals surface area contributed by atoms with Crippen LogP contribution in [0.3, 0.4) is 0 Å². The van der Waals surface area contributed by atoms with Gasteiger partial charge in [-0.15, -0.1) is 0 Å². The quantitative estimate of drug-likeness (QED) is 0.167. The number of hydrogen-bond acceptors (Lipinski definition) is 3.